The van der Waals surface area contributed by atoms with Crippen LogP contribution in [0.1, 0.15) is 83.1 Å². The molecule has 1 amide bonds. The van der Waals surface area contributed by atoms with Crippen molar-refractivity contribution < 1.29 is 9.53 Å². The molecular formula is C34H46N4O2S. The molecule has 0 aliphatic carbocycles. The summed E-state index contributed by atoms with van der Waals surface area (Å²) in [6.07, 6.45) is 10.1. The van der Waals surface area contributed by atoms with Crippen molar-refractivity contribution >= 4 is 28.9 Å². The van der Waals surface area contributed by atoms with Crippen molar-refractivity contribution in [3.8, 4) is 0 Å². The van der Waals surface area contributed by atoms with Gasteiger partial charge in [-0.3, -0.25) is 4.90 Å². The highest BCUT2D eigenvalue weighted by atomic mass is 32.2. The van der Waals surface area contributed by atoms with Gasteiger partial charge in [0.15, 0.2) is 0 Å². The molecule has 41 heavy (non-hydrogen) atoms. The minimum absolute atomic E-state index is 0.0810. The molecule has 0 N–H and O–H groups in total. The van der Waals surface area contributed by atoms with Crippen molar-refractivity contribution in [2.24, 2.45) is 0 Å². The standard InChI is InChI=1S/C34H46N4O2S/c1-24-35-30-11-6-7-12-31(30)38(24)28-22-26-13-14-27(23-28)37(26)20-17-34(25-9-8-10-29(21-25)41-5)15-18-36(19-16-34)32(39)40-33(2,3)4/h6-12,21,26-28H,13-20,22-23H2,1-5H3/t26-,27+,28?. The lowest BCUT2D eigenvalue weighted by Crippen LogP contribution is -2.49. The van der Waals surface area contributed by atoms with E-state index in [9.17, 15) is 4.79 Å². The average molecular weight is 575 g/mol. The first-order valence-corrected chi connectivity index (χ1v) is 16.7. The van der Waals surface area contributed by atoms with Crippen molar-refractivity contribution in [1.82, 2.24) is 19.4 Å². The smallest absolute Gasteiger partial charge is 0.410 e. The largest absolute Gasteiger partial charge is 0.444 e. The van der Waals surface area contributed by atoms with E-state index in [1.54, 1.807) is 0 Å². The number of nitrogens with zero attached hydrogens (tertiary/aromatic N) is 4. The summed E-state index contributed by atoms with van der Waals surface area (Å²) in [7, 11) is 0. The van der Waals surface area contributed by atoms with Gasteiger partial charge in [-0.05, 0) is 121 Å². The van der Waals surface area contributed by atoms with Crippen molar-refractivity contribution in [2.45, 2.75) is 107 Å². The van der Waals surface area contributed by atoms with Crippen molar-refractivity contribution in [3.63, 3.8) is 0 Å². The topological polar surface area (TPSA) is 50.6 Å². The van der Waals surface area contributed by atoms with E-state index in [2.05, 4.69) is 71.2 Å². The number of aromatic nitrogens is 2. The molecule has 3 fully saturated rings. The normalized spacial score (nSPS) is 24.6. The van der Waals surface area contributed by atoms with Crippen molar-refractivity contribution in [1.29, 1.82) is 0 Å². The number of carbonyl (C=O) groups is 1. The lowest BCUT2D eigenvalue weighted by Gasteiger charge is -2.45. The Bertz CT molecular complexity index is 1370. The second kappa shape index (κ2) is 11.3. The summed E-state index contributed by atoms with van der Waals surface area (Å²) in [5.41, 5.74) is 3.46. The number of para-hydroxylation sites is 2. The van der Waals surface area contributed by atoms with Gasteiger partial charge in [-0.2, -0.15) is 0 Å². The summed E-state index contributed by atoms with van der Waals surface area (Å²) in [5.74, 6) is 1.15. The summed E-state index contributed by atoms with van der Waals surface area (Å²) in [4.78, 5) is 23.9. The summed E-state index contributed by atoms with van der Waals surface area (Å²) in [6, 6.07) is 19.6. The monoisotopic (exact) mass is 574 g/mol. The molecule has 3 aliphatic heterocycles. The third-order valence-electron chi connectivity index (χ3n) is 9.90. The summed E-state index contributed by atoms with van der Waals surface area (Å²) in [5, 5.41) is 0. The summed E-state index contributed by atoms with van der Waals surface area (Å²) < 4.78 is 8.25. The number of imidazole rings is 1. The van der Waals surface area contributed by atoms with Crippen molar-refractivity contribution in [2.75, 3.05) is 25.9 Å². The molecule has 0 spiro atoms. The molecule has 6 rings (SSSR count). The number of likely N-dealkylation sites (tertiary alicyclic amines) is 1. The zero-order chi connectivity index (χ0) is 28.8. The van der Waals surface area contributed by atoms with Crippen LogP contribution in [0.4, 0.5) is 4.79 Å². The number of amides is 1. The van der Waals surface area contributed by atoms with Crippen LogP contribution in [0.3, 0.4) is 0 Å². The Labute approximate surface area is 249 Å². The molecule has 0 saturated carbocycles. The molecule has 3 aromatic rings. The van der Waals surface area contributed by atoms with E-state index in [0.29, 0.717) is 18.1 Å². The first kappa shape index (κ1) is 28.6. The van der Waals surface area contributed by atoms with E-state index >= 15 is 0 Å². The first-order valence-electron chi connectivity index (χ1n) is 15.5. The van der Waals surface area contributed by atoms with E-state index in [4.69, 9.17) is 9.72 Å². The number of fused-ring (bicyclic) bond motifs is 3. The van der Waals surface area contributed by atoms with E-state index in [0.717, 1.165) is 50.2 Å². The van der Waals surface area contributed by atoms with Crippen LogP contribution in [-0.2, 0) is 10.2 Å². The molecule has 4 heterocycles. The maximum absolute atomic E-state index is 12.9. The number of ether oxygens (including phenoxy) is 1. The Morgan fingerprint density at radius 1 is 1.02 bits per heavy atom. The average Bonchev–Trinajstić information content (AvgIpc) is 3.41. The summed E-state index contributed by atoms with van der Waals surface area (Å²) in [6.45, 7) is 10.6. The highest BCUT2D eigenvalue weighted by Crippen LogP contribution is 2.45. The SMILES string of the molecule is CSc1cccc(C2(CCN3[C@@H]4CC[C@H]3CC(n3c(C)nc5ccccc53)C4)CCN(C(=O)OC(C)(C)C)CC2)c1. The predicted octanol–water partition coefficient (Wildman–Crippen LogP) is 7.59. The highest BCUT2D eigenvalue weighted by Gasteiger charge is 2.44. The molecule has 0 radical (unpaired) electrons. The Balaban J connectivity index is 1.18. The van der Waals surface area contributed by atoms with Gasteiger partial charge in [0.2, 0.25) is 0 Å². The molecular weight excluding hydrogens is 528 g/mol. The quantitative estimate of drug-likeness (QED) is 0.284. The Morgan fingerprint density at radius 3 is 2.41 bits per heavy atom. The van der Waals surface area contributed by atoms with Gasteiger partial charge in [0.25, 0.3) is 0 Å². The molecule has 7 heteroatoms. The second-order valence-electron chi connectivity index (χ2n) is 13.5. The molecule has 2 bridgehead atoms. The first-order chi connectivity index (χ1) is 19.7. The number of aryl methyl sites for hydroxylation is 1. The molecule has 6 nitrogen and oxygen atoms in total. The molecule has 2 aromatic carbocycles. The zero-order valence-electron chi connectivity index (χ0n) is 25.4. The Kier molecular flexibility index (Phi) is 7.88. The number of rotatable bonds is 6. The van der Waals surface area contributed by atoms with Gasteiger partial charge in [0.05, 0.1) is 11.0 Å². The Hall–Kier alpha value is -2.51. The summed E-state index contributed by atoms with van der Waals surface area (Å²) >= 11 is 1.81. The van der Waals surface area contributed by atoms with Crippen LogP contribution in [0.25, 0.3) is 11.0 Å². The minimum Gasteiger partial charge on any atom is -0.444 e. The van der Waals surface area contributed by atoms with Crippen molar-refractivity contribution in [3.05, 3.63) is 59.9 Å². The van der Waals surface area contributed by atoms with Crippen LogP contribution in [0.2, 0.25) is 0 Å². The molecule has 220 valence electrons. The number of hydrogen-bond acceptors (Lipinski definition) is 5. The Morgan fingerprint density at radius 2 is 1.73 bits per heavy atom. The third kappa shape index (κ3) is 5.77. The molecule has 1 unspecified atom stereocenters. The van der Waals surface area contributed by atoms with E-state index in [-0.39, 0.29) is 11.5 Å². The fourth-order valence-corrected chi connectivity index (χ4v) is 8.33. The van der Waals surface area contributed by atoms with E-state index in [1.165, 1.54) is 41.7 Å². The van der Waals surface area contributed by atoms with Gasteiger partial charge in [-0.15, -0.1) is 11.8 Å². The fraction of sp³-hybridized carbons (Fsp3) is 0.588. The predicted molar refractivity (Wildman–Crippen MR) is 168 cm³/mol. The number of benzene rings is 2. The van der Waals surface area contributed by atoms with Crippen LogP contribution in [0.15, 0.2) is 53.4 Å². The van der Waals surface area contributed by atoms with Gasteiger partial charge in [-0.25, -0.2) is 9.78 Å². The maximum Gasteiger partial charge on any atom is 0.410 e. The van der Waals surface area contributed by atoms with Gasteiger partial charge >= 0.3 is 6.09 Å². The zero-order valence-corrected chi connectivity index (χ0v) is 26.3. The van der Waals surface area contributed by atoms with Gasteiger partial charge in [0, 0.05) is 36.1 Å². The van der Waals surface area contributed by atoms with E-state index < -0.39 is 5.60 Å². The second-order valence-corrected chi connectivity index (χ2v) is 14.4. The van der Waals surface area contributed by atoms with Gasteiger partial charge < -0.3 is 14.2 Å². The molecule has 3 atom stereocenters. The van der Waals surface area contributed by atoms with Crippen LogP contribution >= 0.6 is 11.8 Å². The number of carbonyl (C=O) groups excluding carboxylic acids is 1. The van der Waals surface area contributed by atoms with Crippen LogP contribution in [-0.4, -0.2) is 69.0 Å². The minimum atomic E-state index is -0.467. The fourth-order valence-electron chi connectivity index (χ4n) is 7.87. The van der Waals surface area contributed by atoms with Gasteiger partial charge in [0.1, 0.15) is 11.4 Å². The number of hydrogen-bond donors (Lipinski definition) is 0. The maximum atomic E-state index is 12.9. The third-order valence-corrected chi connectivity index (χ3v) is 10.6. The highest BCUT2D eigenvalue weighted by molar-refractivity contribution is 7.98. The number of thioether (sulfide) groups is 1. The molecule has 1 aromatic heterocycles. The molecule has 3 aliphatic rings. The molecule has 3 saturated heterocycles. The van der Waals surface area contributed by atoms with Crippen LogP contribution in [0, 0.1) is 6.92 Å². The number of piperidine rings is 2. The van der Waals surface area contributed by atoms with Crippen LogP contribution < -0.4 is 0 Å². The van der Waals surface area contributed by atoms with Crippen LogP contribution in [0.5, 0.6) is 0 Å². The lowest BCUT2D eigenvalue weighted by molar-refractivity contribution is 0.0143. The van der Waals surface area contributed by atoms with E-state index in [1.807, 2.05) is 37.4 Å². The lowest BCUT2D eigenvalue weighted by atomic mass is 9.70. The van der Waals surface area contributed by atoms with Gasteiger partial charge in [-0.1, -0.05) is 24.3 Å².